The van der Waals surface area contributed by atoms with Crippen LogP contribution in [0.15, 0.2) is 54.6 Å². The van der Waals surface area contributed by atoms with Crippen molar-refractivity contribution in [2.75, 3.05) is 37.6 Å². The highest BCUT2D eigenvalue weighted by molar-refractivity contribution is 5.77. The number of piperazine rings is 1. The Labute approximate surface area is 163 Å². The third-order valence-electron chi connectivity index (χ3n) is 4.65. The highest BCUT2D eigenvalue weighted by atomic mass is 19.1. The van der Waals surface area contributed by atoms with Gasteiger partial charge in [0.25, 0.3) is 0 Å². The Morgan fingerprint density at radius 1 is 0.964 bits per heavy atom. The van der Waals surface area contributed by atoms with Crippen molar-refractivity contribution in [2.45, 2.75) is 13.0 Å². The monoisotopic (exact) mass is 385 g/mol. The Kier molecular flexibility index (Phi) is 6.84. The number of hydrogen-bond acceptors (Lipinski definition) is 4. The van der Waals surface area contributed by atoms with Crippen molar-refractivity contribution in [2.24, 2.45) is 0 Å². The maximum atomic E-state index is 13.0. The van der Waals surface area contributed by atoms with Gasteiger partial charge in [-0.3, -0.25) is 4.79 Å². The van der Waals surface area contributed by atoms with Crippen molar-refractivity contribution >= 4 is 17.7 Å². The minimum Gasteiger partial charge on any atom is -0.445 e. The molecule has 148 valence electrons. The molecule has 0 unspecified atom stereocenters. The second-order valence-corrected chi connectivity index (χ2v) is 6.58. The molecular formula is C21H24FN3O3. The van der Waals surface area contributed by atoms with Crippen LogP contribution in [0.3, 0.4) is 0 Å². The van der Waals surface area contributed by atoms with Crippen LogP contribution in [0, 0.1) is 5.82 Å². The summed E-state index contributed by atoms with van der Waals surface area (Å²) < 4.78 is 18.1. The minimum atomic E-state index is -0.530. The largest absolute Gasteiger partial charge is 0.445 e. The number of nitrogens with one attached hydrogen (secondary N) is 1. The summed E-state index contributed by atoms with van der Waals surface area (Å²) >= 11 is 0. The van der Waals surface area contributed by atoms with Crippen LogP contribution in [-0.4, -0.2) is 49.6 Å². The van der Waals surface area contributed by atoms with Gasteiger partial charge in [-0.1, -0.05) is 30.3 Å². The van der Waals surface area contributed by atoms with Gasteiger partial charge >= 0.3 is 6.09 Å². The molecule has 1 aliphatic rings. The number of rotatable bonds is 6. The van der Waals surface area contributed by atoms with E-state index in [-0.39, 0.29) is 31.3 Å². The maximum Gasteiger partial charge on any atom is 0.407 e. The Bertz CT molecular complexity index is 775. The third kappa shape index (κ3) is 5.70. The summed E-state index contributed by atoms with van der Waals surface area (Å²) in [5.74, 6) is -0.255. The van der Waals surface area contributed by atoms with Crippen molar-refractivity contribution in [3.05, 3.63) is 66.0 Å². The average Bonchev–Trinajstić information content (AvgIpc) is 2.73. The molecule has 28 heavy (non-hydrogen) atoms. The van der Waals surface area contributed by atoms with E-state index in [9.17, 15) is 14.0 Å². The summed E-state index contributed by atoms with van der Waals surface area (Å²) in [5.41, 5.74) is 1.86. The van der Waals surface area contributed by atoms with Crippen LogP contribution in [0.4, 0.5) is 14.9 Å². The molecule has 2 amide bonds. The lowest BCUT2D eigenvalue weighted by Crippen LogP contribution is -2.49. The van der Waals surface area contributed by atoms with Gasteiger partial charge < -0.3 is 19.9 Å². The number of alkyl carbamates (subject to hydrolysis) is 1. The SMILES string of the molecule is O=C(NCCC(=O)N1CCN(c2ccc(F)cc2)CC1)OCc1ccccc1. The van der Waals surface area contributed by atoms with Crippen molar-refractivity contribution in [1.82, 2.24) is 10.2 Å². The van der Waals surface area contributed by atoms with Crippen LogP contribution >= 0.6 is 0 Å². The summed E-state index contributed by atoms with van der Waals surface area (Å²) in [7, 11) is 0. The summed E-state index contributed by atoms with van der Waals surface area (Å²) in [6.45, 7) is 3.05. The van der Waals surface area contributed by atoms with Gasteiger partial charge in [-0.15, -0.1) is 0 Å². The van der Waals surface area contributed by atoms with E-state index in [0.29, 0.717) is 26.2 Å². The smallest absolute Gasteiger partial charge is 0.407 e. The van der Waals surface area contributed by atoms with E-state index in [1.165, 1.54) is 12.1 Å². The standard InChI is InChI=1S/C21H24FN3O3/c22-18-6-8-19(9-7-18)24-12-14-25(15-13-24)20(26)10-11-23-21(27)28-16-17-4-2-1-3-5-17/h1-9H,10-16H2,(H,23,27). The van der Waals surface area contributed by atoms with Gasteiger partial charge in [-0.2, -0.15) is 0 Å². The molecule has 7 heteroatoms. The number of carbonyl (C=O) groups excluding carboxylic acids is 2. The fraction of sp³-hybridized carbons (Fsp3) is 0.333. The van der Waals surface area contributed by atoms with Crippen LogP contribution in [0.5, 0.6) is 0 Å². The lowest BCUT2D eigenvalue weighted by Gasteiger charge is -2.36. The molecule has 6 nitrogen and oxygen atoms in total. The highest BCUT2D eigenvalue weighted by Crippen LogP contribution is 2.17. The van der Waals surface area contributed by atoms with Crippen LogP contribution < -0.4 is 10.2 Å². The third-order valence-corrected chi connectivity index (χ3v) is 4.65. The van der Waals surface area contributed by atoms with Crippen LogP contribution in [0.1, 0.15) is 12.0 Å². The van der Waals surface area contributed by atoms with Gasteiger partial charge in [-0.25, -0.2) is 9.18 Å². The maximum absolute atomic E-state index is 13.0. The predicted molar refractivity (Wildman–Crippen MR) is 104 cm³/mol. The topological polar surface area (TPSA) is 61.9 Å². The van der Waals surface area contributed by atoms with E-state index < -0.39 is 6.09 Å². The first-order chi connectivity index (χ1) is 13.6. The lowest BCUT2D eigenvalue weighted by molar-refractivity contribution is -0.131. The van der Waals surface area contributed by atoms with E-state index in [0.717, 1.165) is 11.3 Å². The molecule has 1 heterocycles. The van der Waals surface area contributed by atoms with E-state index in [4.69, 9.17) is 4.74 Å². The first kappa shape index (κ1) is 19.7. The van der Waals surface area contributed by atoms with Gasteiger partial charge in [0.15, 0.2) is 0 Å². The molecule has 1 saturated heterocycles. The van der Waals surface area contributed by atoms with Crippen molar-refractivity contribution in [1.29, 1.82) is 0 Å². The molecule has 2 aromatic carbocycles. The zero-order valence-electron chi connectivity index (χ0n) is 15.6. The number of halogens is 1. The second kappa shape index (κ2) is 9.73. The first-order valence-corrected chi connectivity index (χ1v) is 9.34. The summed E-state index contributed by atoms with van der Waals surface area (Å²) in [6, 6.07) is 15.8. The number of benzene rings is 2. The van der Waals surface area contributed by atoms with E-state index >= 15 is 0 Å². The molecular weight excluding hydrogens is 361 g/mol. The Morgan fingerprint density at radius 3 is 2.32 bits per heavy atom. The Hall–Kier alpha value is -3.09. The highest BCUT2D eigenvalue weighted by Gasteiger charge is 2.21. The van der Waals surface area contributed by atoms with E-state index in [1.807, 2.05) is 30.3 Å². The molecule has 0 aromatic heterocycles. The number of amides is 2. The molecule has 0 saturated carbocycles. The summed E-state index contributed by atoms with van der Waals surface area (Å²) in [6.07, 6.45) is -0.297. The minimum absolute atomic E-state index is 0.00196. The summed E-state index contributed by atoms with van der Waals surface area (Å²) in [5, 5.41) is 2.61. The van der Waals surface area contributed by atoms with Crippen molar-refractivity contribution < 1.29 is 18.7 Å². The molecule has 1 N–H and O–H groups in total. The molecule has 2 aromatic rings. The van der Waals surface area contributed by atoms with E-state index in [1.54, 1.807) is 17.0 Å². The predicted octanol–water partition coefficient (Wildman–Crippen LogP) is 2.79. The Morgan fingerprint density at radius 2 is 1.64 bits per heavy atom. The van der Waals surface area contributed by atoms with E-state index in [2.05, 4.69) is 10.2 Å². The number of ether oxygens (including phenoxy) is 1. The van der Waals surface area contributed by atoms with Gasteiger partial charge in [0, 0.05) is 44.8 Å². The number of hydrogen-bond donors (Lipinski definition) is 1. The second-order valence-electron chi connectivity index (χ2n) is 6.58. The molecule has 1 fully saturated rings. The molecule has 1 aliphatic heterocycles. The van der Waals surface area contributed by atoms with Crippen molar-refractivity contribution in [3.8, 4) is 0 Å². The number of anilines is 1. The Balaban J connectivity index is 1.33. The molecule has 3 rings (SSSR count). The molecule has 0 atom stereocenters. The first-order valence-electron chi connectivity index (χ1n) is 9.34. The van der Waals surface area contributed by atoms with Gasteiger partial charge in [-0.05, 0) is 29.8 Å². The quantitative estimate of drug-likeness (QED) is 0.831. The van der Waals surface area contributed by atoms with Gasteiger partial charge in [0.05, 0.1) is 0 Å². The normalized spacial score (nSPS) is 13.9. The van der Waals surface area contributed by atoms with Gasteiger partial charge in [0.1, 0.15) is 12.4 Å². The lowest BCUT2D eigenvalue weighted by atomic mass is 10.2. The average molecular weight is 385 g/mol. The van der Waals surface area contributed by atoms with Gasteiger partial charge in [0.2, 0.25) is 5.91 Å². The molecule has 0 spiro atoms. The molecule has 0 aliphatic carbocycles. The van der Waals surface area contributed by atoms with Crippen LogP contribution in [-0.2, 0) is 16.1 Å². The zero-order valence-corrected chi connectivity index (χ0v) is 15.6. The zero-order chi connectivity index (χ0) is 19.8. The number of carbonyl (C=O) groups is 2. The fourth-order valence-corrected chi connectivity index (χ4v) is 3.07. The fourth-order valence-electron chi connectivity index (χ4n) is 3.07. The summed E-state index contributed by atoms with van der Waals surface area (Å²) in [4.78, 5) is 27.9. The molecule has 0 bridgehead atoms. The van der Waals surface area contributed by atoms with Crippen LogP contribution in [0.25, 0.3) is 0 Å². The van der Waals surface area contributed by atoms with Crippen LogP contribution in [0.2, 0.25) is 0 Å². The van der Waals surface area contributed by atoms with Crippen molar-refractivity contribution in [3.63, 3.8) is 0 Å². The molecule has 0 radical (unpaired) electrons. The number of nitrogens with zero attached hydrogens (tertiary/aromatic N) is 2.